The number of fused-ring (bicyclic) bond motifs is 2. The maximum Gasteiger partial charge on any atom is 0.265 e. The van der Waals surface area contributed by atoms with E-state index in [1.807, 2.05) is 55.5 Å². The summed E-state index contributed by atoms with van der Waals surface area (Å²) in [5, 5.41) is 5.61. The Morgan fingerprint density at radius 2 is 1.81 bits per heavy atom. The fourth-order valence-corrected chi connectivity index (χ4v) is 3.19. The van der Waals surface area contributed by atoms with Crippen molar-refractivity contribution in [2.45, 2.75) is 13.5 Å². The molecule has 0 fully saturated rings. The molecular weight excluding hydrogens is 326 g/mol. The van der Waals surface area contributed by atoms with E-state index in [0.717, 1.165) is 16.2 Å². The number of carbonyl (C=O) groups is 1. The third kappa shape index (κ3) is 2.63. The van der Waals surface area contributed by atoms with Crippen molar-refractivity contribution in [1.29, 1.82) is 0 Å². The van der Waals surface area contributed by atoms with Gasteiger partial charge in [0.15, 0.2) is 0 Å². The maximum absolute atomic E-state index is 12.8. The summed E-state index contributed by atoms with van der Waals surface area (Å²) in [5.74, 6) is -0.417. The van der Waals surface area contributed by atoms with Crippen LogP contribution in [0.5, 0.6) is 0 Å². The van der Waals surface area contributed by atoms with E-state index in [1.54, 1.807) is 18.3 Å². The number of carbonyl (C=O) groups excluding carboxylic acids is 1. The number of hydrogen-bond acceptors (Lipinski definition) is 3. The molecule has 5 heteroatoms. The number of aryl methyl sites for hydroxylation is 1. The van der Waals surface area contributed by atoms with Gasteiger partial charge in [0.1, 0.15) is 11.2 Å². The molecule has 1 amide bonds. The third-order valence-corrected chi connectivity index (χ3v) is 4.45. The Kier molecular flexibility index (Phi) is 3.97. The van der Waals surface area contributed by atoms with Crippen LogP contribution < -0.4 is 10.9 Å². The second-order valence-electron chi connectivity index (χ2n) is 6.00. The molecule has 0 unspecified atom stereocenters. The summed E-state index contributed by atoms with van der Waals surface area (Å²) >= 11 is 0. The topological polar surface area (TPSA) is 64.0 Å². The SMILES string of the molecule is CCn1c(=O)c(C(=O)Nc2cccc3ccccc23)cc2cccnc21. The van der Waals surface area contributed by atoms with Gasteiger partial charge in [0.25, 0.3) is 11.5 Å². The van der Waals surface area contributed by atoms with Gasteiger partial charge in [-0.2, -0.15) is 0 Å². The number of rotatable bonds is 3. The van der Waals surface area contributed by atoms with E-state index in [1.165, 1.54) is 4.57 Å². The van der Waals surface area contributed by atoms with Crippen molar-refractivity contribution in [3.05, 3.63) is 82.8 Å². The molecule has 0 spiro atoms. The lowest BCUT2D eigenvalue weighted by atomic mass is 10.1. The Balaban J connectivity index is 1.81. The zero-order valence-corrected chi connectivity index (χ0v) is 14.3. The molecule has 2 aromatic carbocycles. The second kappa shape index (κ2) is 6.44. The van der Waals surface area contributed by atoms with Gasteiger partial charge in [0.2, 0.25) is 0 Å². The van der Waals surface area contributed by atoms with E-state index < -0.39 is 5.91 Å². The van der Waals surface area contributed by atoms with Gasteiger partial charge in [-0.1, -0.05) is 36.4 Å². The van der Waals surface area contributed by atoms with Gasteiger partial charge in [-0.05, 0) is 36.6 Å². The number of amides is 1. The number of benzene rings is 2. The zero-order valence-electron chi connectivity index (χ0n) is 14.3. The molecule has 0 bridgehead atoms. The number of hydrogen-bond donors (Lipinski definition) is 1. The molecular formula is C21H17N3O2. The molecule has 0 radical (unpaired) electrons. The molecule has 4 rings (SSSR count). The van der Waals surface area contributed by atoms with E-state index in [-0.39, 0.29) is 11.1 Å². The molecule has 26 heavy (non-hydrogen) atoms. The van der Waals surface area contributed by atoms with Gasteiger partial charge >= 0.3 is 0 Å². The minimum Gasteiger partial charge on any atom is -0.321 e. The molecule has 0 aliphatic carbocycles. The summed E-state index contributed by atoms with van der Waals surface area (Å²) in [6.45, 7) is 2.31. The van der Waals surface area contributed by atoms with Crippen LogP contribution in [0.4, 0.5) is 5.69 Å². The van der Waals surface area contributed by atoms with Crippen molar-refractivity contribution in [2.75, 3.05) is 5.32 Å². The standard InChI is InChI=1S/C21H17N3O2/c1-2-24-19-15(9-6-12-22-19)13-17(21(24)26)20(25)23-18-11-5-8-14-7-3-4-10-16(14)18/h3-13H,2H2,1H3,(H,23,25). The molecule has 5 nitrogen and oxygen atoms in total. The number of anilines is 1. The van der Waals surface area contributed by atoms with Crippen LogP contribution in [0.25, 0.3) is 21.8 Å². The van der Waals surface area contributed by atoms with Crippen molar-refractivity contribution >= 4 is 33.4 Å². The minimum atomic E-state index is -0.417. The fraction of sp³-hybridized carbons (Fsp3) is 0.0952. The van der Waals surface area contributed by atoms with Crippen LogP contribution in [0.1, 0.15) is 17.3 Å². The molecule has 2 heterocycles. The normalized spacial score (nSPS) is 11.0. The first-order valence-electron chi connectivity index (χ1n) is 8.46. The predicted molar refractivity (Wildman–Crippen MR) is 104 cm³/mol. The molecule has 4 aromatic rings. The molecule has 1 N–H and O–H groups in total. The lowest BCUT2D eigenvalue weighted by Gasteiger charge is -2.11. The number of pyridine rings is 2. The molecule has 2 aromatic heterocycles. The smallest absolute Gasteiger partial charge is 0.265 e. The predicted octanol–water partition coefficient (Wildman–Crippen LogP) is 3.82. The molecule has 0 saturated heterocycles. The van der Waals surface area contributed by atoms with Gasteiger partial charge < -0.3 is 5.32 Å². The van der Waals surface area contributed by atoms with Crippen LogP contribution in [0.15, 0.2) is 71.7 Å². The largest absolute Gasteiger partial charge is 0.321 e. The highest BCUT2D eigenvalue weighted by Gasteiger charge is 2.16. The van der Waals surface area contributed by atoms with Crippen LogP contribution in [0.3, 0.4) is 0 Å². The van der Waals surface area contributed by atoms with Gasteiger partial charge in [-0.15, -0.1) is 0 Å². The number of nitrogens with one attached hydrogen (secondary N) is 1. The van der Waals surface area contributed by atoms with Crippen LogP contribution >= 0.6 is 0 Å². The average Bonchev–Trinajstić information content (AvgIpc) is 2.68. The Morgan fingerprint density at radius 3 is 2.65 bits per heavy atom. The summed E-state index contributed by atoms with van der Waals surface area (Å²) in [6.07, 6.45) is 1.64. The maximum atomic E-state index is 12.8. The first-order chi connectivity index (χ1) is 12.7. The lowest BCUT2D eigenvalue weighted by Crippen LogP contribution is -2.29. The Hall–Kier alpha value is -3.47. The Labute approximate surface area is 149 Å². The first-order valence-corrected chi connectivity index (χ1v) is 8.46. The van der Waals surface area contributed by atoms with Crippen molar-refractivity contribution in [2.24, 2.45) is 0 Å². The fourth-order valence-electron chi connectivity index (χ4n) is 3.19. The number of nitrogens with zero attached hydrogens (tertiary/aromatic N) is 2. The molecule has 0 aliphatic heterocycles. The van der Waals surface area contributed by atoms with E-state index in [4.69, 9.17) is 0 Å². The van der Waals surface area contributed by atoms with Crippen LogP contribution in [-0.2, 0) is 6.54 Å². The van der Waals surface area contributed by atoms with Crippen LogP contribution in [-0.4, -0.2) is 15.5 Å². The third-order valence-electron chi connectivity index (χ3n) is 4.45. The van der Waals surface area contributed by atoms with Gasteiger partial charge in [0.05, 0.1) is 0 Å². The monoisotopic (exact) mass is 343 g/mol. The molecule has 128 valence electrons. The lowest BCUT2D eigenvalue weighted by molar-refractivity contribution is 0.102. The van der Waals surface area contributed by atoms with E-state index in [9.17, 15) is 9.59 Å². The van der Waals surface area contributed by atoms with E-state index in [2.05, 4.69) is 10.3 Å². The van der Waals surface area contributed by atoms with Crippen molar-refractivity contribution in [1.82, 2.24) is 9.55 Å². The summed E-state index contributed by atoms with van der Waals surface area (Å²) in [5.41, 5.74) is 1.04. The second-order valence-corrected chi connectivity index (χ2v) is 6.00. The van der Waals surface area contributed by atoms with Crippen molar-refractivity contribution in [3.8, 4) is 0 Å². The van der Waals surface area contributed by atoms with Gasteiger partial charge in [0, 0.05) is 29.2 Å². The van der Waals surface area contributed by atoms with E-state index in [0.29, 0.717) is 17.9 Å². The van der Waals surface area contributed by atoms with Crippen molar-refractivity contribution < 1.29 is 4.79 Å². The average molecular weight is 343 g/mol. The van der Waals surface area contributed by atoms with E-state index >= 15 is 0 Å². The Morgan fingerprint density at radius 1 is 1.04 bits per heavy atom. The summed E-state index contributed by atoms with van der Waals surface area (Å²) in [7, 11) is 0. The highest BCUT2D eigenvalue weighted by atomic mass is 16.2. The highest BCUT2D eigenvalue weighted by molar-refractivity contribution is 6.09. The molecule has 0 aliphatic rings. The van der Waals surface area contributed by atoms with Gasteiger partial charge in [-0.3, -0.25) is 14.2 Å². The summed E-state index contributed by atoms with van der Waals surface area (Å²) in [6, 6.07) is 18.7. The Bertz CT molecular complexity index is 1190. The quantitative estimate of drug-likeness (QED) is 0.615. The summed E-state index contributed by atoms with van der Waals surface area (Å²) < 4.78 is 1.52. The highest BCUT2D eigenvalue weighted by Crippen LogP contribution is 2.23. The van der Waals surface area contributed by atoms with Gasteiger partial charge in [-0.25, -0.2) is 4.98 Å². The zero-order chi connectivity index (χ0) is 18.1. The number of aromatic nitrogens is 2. The molecule has 0 atom stereocenters. The van der Waals surface area contributed by atoms with Crippen LogP contribution in [0.2, 0.25) is 0 Å². The van der Waals surface area contributed by atoms with Crippen LogP contribution in [0, 0.1) is 0 Å². The summed E-state index contributed by atoms with van der Waals surface area (Å²) in [4.78, 5) is 29.9. The molecule has 0 saturated carbocycles. The minimum absolute atomic E-state index is 0.111. The van der Waals surface area contributed by atoms with Crippen molar-refractivity contribution in [3.63, 3.8) is 0 Å². The first kappa shape index (κ1) is 16.0.